The molecule has 0 amide bonds. The van der Waals surface area contributed by atoms with E-state index in [9.17, 15) is 0 Å². The fraction of sp³-hybridized carbons (Fsp3) is 0.571. The minimum absolute atomic E-state index is 0.858. The Morgan fingerprint density at radius 2 is 1.80 bits per heavy atom. The van der Waals surface area contributed by atoms with E-state index >= 15 is 0 Å². The third-order valence-corrected chi connectivity index (χ3v) is 2.85. The fourth-order valence-electron chi connectivity index (χ4n) is 1.93. The molecule has 0 spiro atoms. The van der Waals surface area contributed by atoms with Crippen LogP contribution in [0.3, 0.4) is 0 Å². The van der Waals surface area contributed by atoms with Crippen molar-refractivity contribution in [2.75, 3.05) is 13.7 Å². The summed E-state index contributed by atoms with van der Waals surface area (Å²) in [5, 5.41) is 0. The highest BCUT2D eigenvalue weighted by molar-refractivity contribution is 5.32. The number of hydrogen-bond acceptors (Lipinski definition) is 1. The molecule has 0 fully saturated rings. The predicted molar refractivity (Wildman–Crippen MR) is 65.4 cm³/mol. The molecule has 0 radical (unpaired) electrons. The van der Waals surface area contributed by atoms with Crippen molar-refractivity contribution >= 4 is 0 Å². The summed E-state index contributed by atoms with van der Waals surface area (Å²) in [6.45, 7) is 5.31. The second kappa shape index (κ2) is 6.62. The second-order valence-corrected chi connectivity index (χ2v) is 3.91. The lowest BCUT2D eigenvalue weighted by Gasteiger charge is -2.08. The summed E-state index contributed by atoms with van der Waals surface area (Å²) < 4.78 is 5.07. The zero-order valence-corrected chi connectivity index (χ0v) is 10.2. The molecule has 1 nitrogen and oxygen atoms in total. The molecule has 0 bridgehead atoms. The maximum Gasteiger partial charge on any atom is 0.0465 e. The monoisotopic (exact) mass is 206 g/mol. The zero-order valence-electron chi connectivity index (χ0n) is 10.2. The van der Waals surface area contributed by atoms with Gasteiger partial charge in [0.1, 0.15) is 0 Å². The van der Waals surface area contributed by atoms with Gasteiger partial charge in [0.25, 0.3) is 0 Å². The van der Waals surface area contributed by atoms with Crippen molar-refractivity contribution in [2.24, 2.45) is 0 Å². The van der Waals surface area contributed by atoms with Crippen LogP contribution >= 0.6 is 0 Å². The molecule has 0 heterocycles. The standard InChI is InChI=1S/C14H22O/c1-4-13-9-8-12(7-6-10-15-3)11-14(13)5-2/h8-9,11H,4-7,10H2,1-3H3. The Morgan fingerprint density at radius 1 is 1.07 bits per heavy atom. The Kier molecular flexibility index (Phi) is 5.41. The van der Waals surface area contributed by atoms with Gasteiger partial charge in [-0.3, -0.25) is 0 Å². The molecule has 15 heavy (non-hydrogen) atoms. The Morgan fingerprint density at radius 3 is 2.40 bits per heavy atom. The highest BCUT2D eigenvalue weighted by Crippen LogP contribution is 2.14. The van der Waals surface area contributed by atoms with Gasteiger partial charge in [-0.05, 0) is 42.4 Å². The maximum absolute atomic E-state index is 5.07. The molecule has 1 rings (SSSR count). The van der Waals surface area contributed by atoms with E-state index in [1.807, 2.05) is 0 Å². The second-order valence-electron chi connectivity index (χ2n) is 3.91. The van der Waals surface area contributed by atoms with Crippen molar-refractivity contribution in [3.8, 4) is 0 Å². The molecule has 0 aliphatic heterocycles. The van der Waals surface area contributed by atoms with Crippen LogP contribution < -0.4 is 0 Å². The summed E-state index contributed by atoms with van der Waals surface area (Å²) >= 11 is 0. The molecule has 0 saturated carbocycles. The first-order valence-electron chi connectivity index (χ1n) is 5.91. The van der Waals surface area contributed by atoms with E-state index in [-0.39, 0.29) is 0 Å². The summed E-state index contributed by atoms with van der Waals surface area (Å²) in [6.07, 6.45) is 4.53. The molecule has 0 aromatic heterocycles. The van der Waals surface area contributed by atoms with E-state index in [0.717, 1.165) is 32.3 Å². The summed E-state index contributed by atoms with van der Waals surface area (Å²) in [4.78, 5) is 0. The van der Waals surface area contributed by atoms with Crippen LogP contribution in [-0.2, 0) is 24.0 Å². The summed E-state index contributed by atoms with van der Waals surface area (Å²) in [5.74, 6) is 0. The van der Waals surface area contributed by atoms with E-state index in [1.54, 1.807) is 7.11 Å². The summed E-state index contributed by atoms with van der Waals surface area (Å²) in [5.41, 5.74) is 4.45. The molecule has 1 aromatic rings. The smallest absolute Gasteiger partial charge is 0.0465 e. The van der Waals surface area contributed by atoms with Crippen LogP contribution in [0.5, 0.6) is 0 Å². The Bertz CT molecular complexity index is 291. The van der Waals surface area contributed by atoms with Gasteiger partial charge in [-0.1, -0.05) is 32.0 Å². The van der Waals surface area contributed by atoms with E-state index in [1.165, 1.54) is 16.7 Å². The third kappa shape index (κ3) is 3.67. The fourth-order valence-corrected chi connectivity index (χ4v) is 1.93. The maximum atomic E-state index is 5.07. The van der Waals surface area contributed by atoms with Crippen molar-refractivity contribution in [1.82, 2.24) is 0 Å². The van der Waals surface area contributed by atoms with Crippen molar-refractivity contribution in [3.05, 3.63) is 34.9 Å². The third-order valence-electron chi connectivity index (χ3n) is 2.85. The SMILES string of the molecule is CCc1ccc(CCCOC)cc1CC. The lowest BCUT2D eigenvalue weighted by molar-refractivity contribution is 0.195. The molecule has 1 aromatic carbocycles. The van der Waals surface area contributed by atoms with Gasteiger partial charge in [0.05, 0.1) is 0 Å². The molecule has 84 valence electrons. The van der Waals surface area contributed by atoms with Crippen LogP contribution in [0.1, 0.15) is 37.0 Å². The predicted octanol–water partition coefficient (Wildman–Crippen LogP) is 3.39. The van der Waals surface area contributed by atoms with E-state index in [4.69, 9.17) is 4.74 Å². The van der Waals surface area contributed by atoms with Gasteiger partial charge in [-0.25, -0.2) is 0 Å². The average molecular weight is 206 g/mol. The van der Waals surface area contributed by atoms with Crippen LogP contribution in [0.4, 0.5) is 0 Å². The number of ether oxygens (including phenoxy) is 1. The van der Waals surface area contributed by atoms with E-state index < -0.39 is 0 Å². The van der Waals surface area contributed by atoms with Gasteiger partial charge in [-0.15, -0.1) is 0 Å². The molecule has 0 aliphatic carbocycles. The van der Waals surface area contributed by atoms with Gasteiger partial charge in [0.15, 0.2) is 0 Å². The van der Waals surface area contributed by atoms with E-state index in [0.29, 0.717) is 0 Å². The number of hydrogen-bond donors (Lipinski definition) is 0. The molecule has 0 N–H and O–H groups in total. The molecular formula is C14H22O. The van der Waals surface area contributed by atoms with Crippen molar-refractivity contribution in [3.63, 3.8) is 0 Å². The van der Waals surface area contributed by atoms with Crippen molar-refractivity contribution in [2.45, 2.75) is 39.5 Å². The van der Waals surface area contributed by atoms with Crippen LogP contribution in [-0.4, -0.2) is 13.7 Å². The average Bonchev–Trinajstić information content (AvgIpc) is 2.29. The topological polar surface area (TPSA) is 9.23 Å². The van der Waals surface area contributed by atoms with Crippen LogP contribution in [0.25, 0.3) is 0 Å². The first kappa shape index (κ1) is 12.3. The Labute approximate surface area is 93.5 Å². The van der Waals surface area contributed by atoms with Crippen LogP contribution in [0, 0.1) is 0 Å². The van der Waals surface area contributed by atoms with Crippen LogP contribution in [0.15, 0.2) is 18.2 Å². The normalized spacial score (nSPS) is 10.6. The number of rotatable bonds is 6. The number of benzene rings is 1. The van der Waals surface area contributed by atoms with Gasteiger partial charge < -0.3 is 4.74 Å². The first-order chi connectivity index (χ1) is 7.31. The molecule has 0 saturated heterocycles. The summed E-state index contributed by atoms with van der Waals surface area (Å²) in [7, 11) is 1.76. The lowest BCUT2D eigenvalue weighted by atomic mass is 9.98. The molecule has 0 aliphatic rings. The summed E-state index contributed by atoms with van der Waals surface area (Å²) in [6, 6.07) is 6.89. The Balaban J connectivity index is 2.66. The zero-order chi connectivity index (χ0) is 11.1. The van der Waals surface area contributed by atoms with Gasteiger partial charge in [0, 0.05) is 13.7 Å². The largest absolute Gasteiger partial charge is 0.385 e. The van der Waals surface area contributed by atoms with Gasteiger partial charge in [-0.2, -0.15) is 0 Å². The first-order valence-corrected chi connectivity index (χ1v) is 5.91. The molecule has 0 atom stereocenters. The van der Waals surface area contributed by atoms with Crippen LogP contribution in [0.2, 0.25) is 0 Å². The number of aryl methyl sites for hydroxylation is 3. The number of methoxy groups -OCH3 is 1. The highest BCUT2D eigenvalue weighted by Gasteiger charge is 2.00. The van der Waals surface area contributed by atoms with E-state index in [2.05, 4.69) is 32.0 Å². The minimum atomic E-state index is 0.858. The quantitative estimate of drug-likeness (QED) is 0.648. The van der Waals surface area contributed by atoms with Gasteiger partial charge in [0.2, 0.25) is 0 Å². The molecule has 1 heteroatoms. The Hall–Kier alpha value is -0.820. The minimum Gasteiger partial charge on any atom is -0.385 e. The van der Waals surface area contributed by atoms with Gasteiger partial charge >= 0.3 is 0 Å². The van der Waals surface area contributed by atoms with Crippen molar-refractivity contribution in [1.29, 1.82) is 0 Å². The molecular weight excluding hydrogens is 184 g/mol. The van der Waals surface area contributed by atoms with Crippen molar-refractivity contribution < 1.29 is 4.74 Å². The molecule has 0 unspecified atom stereocenters. The highest BCUT2D eigenvalue weighted by atomic mass is 16.5. The lowest BCUT2D eigenvalue weighted by Crippen LogP contribution is -1.96.